The standard InChI is InChI=1S/C19H19ClN2OS/c1-11-6-2-4-8-14(11)22-19(23)16-10-13-17(24-16)12-7-3-5-9-15(12)21-18(13)20/h3,5,7,9-11,14H,2,4,6,8H2,1H3,(H,22,23). The topological polar surface area (TPSA) is 42.0 Å². The number of benzene rings is 1. The molecule has 2 aromatic heterocycles. The number of nitrogens with zero attached hydrogens (tertiary/aromatic N) is 1. The lowest BCUT2D eigenvalue weighted by atomic mass is 9.86. The Labute approximate surface area is 150 Å². The van der Waals surface area contributed by atoms with Gasteiger partial charge in [-0.2, -0.15) is 0 Å². The molecule has 0 bridgehead atoms. The van der Waals surface area contributed by atoms with E-state index in [-0.39, 0.29) is 11.9 Å². The molecule has 1 amide bonds. The van der Waals surface area contributed by atoms with Crippen LogP contribution in [0, 0.1) is 5.92 Å². The van der Waals surface area contributed by atoms with Crippen LogP contribution in [-0.2, 0) is 0 Å². The molecule has 24 heavy (non-hydrogen) atoms. The van der Waals surface area contributed by atoms with Crippen LogP contribution in [0.4, 0.5) is 0 Å². The summed E-state index contributed by atoms with van der Waals surface area (Å²) in [6.45, 7) is 2.23. The number of nitrogens with one attached hydrogen (secondary N) is 1. The third-order valence-electron chi connectivity index (χ3n) is 4.97. The highest BCUT2D eigenvalue weighted by molar-refractivity contribution is 7.21. The fraction of sp³-hybridized carbons (Fsp3) is 0.368. The number of pyridine rings is 1. The minimum Gasteiger partial charge on any atom is -0.348 e. The molecule has 5 heteroatoms. The average molecular weight is 359 g/mol. The Bertz CT molecular complexity index is 920. The first-order valence-corrected chi connectivity index (χ1v) is 9.61. The number of carbonyl (C=O) groups is 1. The number of para-hydroxylation sites is 1. The zero-order valence-electron chi connectivity index (χ0n) is 13.5. The van der Waals surface area contributed by atoms with Crippen molar-refractivity contribution in [3.63, 3.8) is 0 Å². The maximum Gasteiger partial charge on any atom is 0.261 e. The van der Waals surface area contributed by atoms with Gasteiger partial charge < -0.3 is 5.32 Å². The number of fused-ring (bicyclic) bond motifs is 3. The van der Waals surface area contributed by atoms with Gasteiger partial charge >= 0.3 is 0 Å². The number of thiophene rings is 1. The Morgan fingerprint density at radius 2 is 2.04 bits per heavy atom. The fourth-order valence-corrected chi connectivity index (χ4v) is 4.95. The summed E-state index contributed by atoms with van der Waals surface area (Å²) in [5.74, 6) is 0.554. The van der Waals surface area contributed by atoms with Gasteiger partial charge in [0.25, 0.3) is 5.91 Å². The van der Waals surface area contributed by atoms with Gasteiger partial charge in [0.1, 0.15) is 5.15 Å². The first-order chi connectivity index (χ1) is 11.6. The monoisotopic (exact) mass is 358 g/mol. The van der Waals surface area contributed by atoms with Crippen LogP contribution in [0.1, 0.15) is 42.3 Å². The largest absolute Gasteiger partial charge is 0.348 e. The molecule has 3 aromatic rings. The van der Waals surface area contributed by atoms with Crippen molar-refractivity contribution in [2.24, 2.45) is 5.92 Å². The molecule has 1 saturated carbocycles. The first kappa shape index (κ1) is 15.9. The van der Waals surface area contributed by atoms with Crippen molar-refractivity contribution in [2.45, 2.75) is 38.6 Å². The highest BCUT2D eigenvalue weighted by Crippen LogP contribution is 2.36. The summed E-state index contributed by atoms with van der Waals surface area (Å²) in [4.78, 5) is 17.9. The normalized spacial score (nSPS) is 21.2. The minimum absolute atomic E-state index is 0.00935. The van der Waals surface area contributed by atoms with E-state index in [1.807, 2.05) is 30.3 Å². The van der Waals surface area contributed by atoms with Crippen molar-refractivity contribution in [1.29, 1.82) is 0 Å². The fourth-order valence-electron chi connectivity index (χ4n) is 3.56. The maximum absolute atomic E-state index is 12.7. The van der Waals surface area contributed by atoms with Crippen molar-refractivity contribution >= 4 is 49.8 Å². The summed E-state index contributed by atoms with van der Waals surface area (Å²) in [6.07, 6.45) is 4.73. The third-order valence-corrected chi connectivity index (χ3v) is 6.43. The smallest absolute Gasteiger partial charge is 0.261 e. The zero-order chi connectivity index (χ0) is 16.7. The SMILES string of the molecule is CC1CCCCC1NC(=O)c1cc2c(Cl)nc3ccccc3c2s1. The van der Waals surface area contributed by atoms with Gasteiger partial charge in [-0.3, -0.25) is 4.79 Å². The van der Waals surface area contributed by atoms with E-state index in [2.05, 4.69) is 17.2 Å². The number of amides is 1. The Morgan fingerprint density at radius 1 is 1.25 bits per heavy atom. The van der Waals surface area contributed by atoms with Gasteiger partial charge in [0, 0.05) is 21.5 Å². The third kappa shape index (κ3) is 2.78. The molecule has 2 heterocycles. The molecular weight excluding hydrogens is 340 g/mol. The molecular formula is C19H19ClN2OS. The number of hydrogen-bond donors (Lipinski definition) is 1. The lowest BCUT2D eigenvalue weighted by Crippen LogP contribution is -2.40. The van der Waals surface area contributed by atoms with Gasteiger partial charge in [-0.15, -0.1) is 11.3 Å². The van der Waals surface area contributed by atoms with E-state index in [1.54, 1.807) is 0 Å². The zero-order valence-corrected chi connectivity index (χ0v) is 15.1. The average Bonchev–Trinajstić information content (AvgIpc) is 3.03. The van der Waals surface area contributed by atoms with Crippen LogP contribution in [0.2, 0.25) is 5.15 Å². The number of hydrogen-bond acceptors (Lipinski definition) is 3. The molecule has 4 rings (SSSR count). The number of aromatic nitrogens is 1. The lowest BCUT2D eigenvalue weighted by molar-refractivity contribution is 0.0914. The molecule has 1 N–H and O–H groups in total. The molecule has 0 spiro atoms. The van der Waals surface area contributed by atoms with Gasteiger partial charge in [-0.25, -0.2) is 4.98 Å². The van der Waals surface area contributed by atoms with E-state index < -0.39 is 0 Å². The first-order valence-electron chi connectivity index (χ1n) is 8.42. The molecule has 1 aliphatic rings. The second-order valence-electron chi connectivity index (χ2n) is 6.61. The Morgan fingerprint density at radius 3 is 2.88 bits per heavy atom. The van der Waals surface area contributed by atoms with E-state index in [1.165, 1.54) is 30.6 Å². The highest BCUT2D eigenvalue weighted by Gasteiger charge is 2.24. The maximum atomic E-state index is 12.7. The molecule has 0 aliphatic heterocycles. The summed E-state index contributed by atoms with van der Waals surface area (Å²) >= 11 is 7.84. The number of rotatable bonds is 2. The van der Waals surface area contributed by atoms with E-state index in [9.17, 15) is 4.79 Å². The molecule has 1 aliphatic carbocycles. The molecule has 0 saturated heterocycles. The van der Waals surface area contributed by atoms with Crippen molar-refractivity contribution in [2.75, 3.05) is 0 Å². The van der Waals surface area contributed by atoms with Gasteiger partial charge in [0.05, 0.1) is 10.4 Å². The van der Waals surface area contributed by atoms with E-state index in [4.69, 9.17) is 11.6 Å². The lowest BCUT2D eigenvalue weighted by Gasteiger charge is -2.29. The predicted molar refractivity (Wildman–Crippen MR) is 101 cm³/mol. The van der Waals surface area contributed by atoms with Crippen LogP contribution < -0.4 is 5.32 Å². The molecule has 2 unspecified atom stereocenters. The van der Waals surface area contributed by atoms with Crippen LogP contribution in [-0.4, -0.2) is 16.9 Å². The van der Waals surface area contributed by atoms with Crippen molar-refractivity contribution in [3.8, 4) is 0 Å². The number of carbonyl (C=O) groups excluding carboxylic acids is 1. The molecule has 0 radical (unpaired) electrons. The van der Waals surface area contributed by atoms with Gasteiger partial charge in [0.15, 0.2) is 0 Å². The summed E-state index contributed by atoms with van der Waals surface area (Å²) < 4.78 is 1.03. The summed E-state index contributed by atoms with van der Waals surface area (Å²) in [5, 5.41) is 5.60. The van der Waals surface area contributed by atoms with Crippen molar-refractivity contribution in [1.82, 2.24) is 10.3 Å². The van der Waals surface area contributed by atoms with Crippen LogP contribution in [0.15, 0.2) is 30.3 Å². The molecule has 2 atom stereocenters. The van der Waals surface area contributed by atoms with Crippen molar-refractivity contribution in [3.05, 3.63) is 40.4 Å². The van der Waals surface area contributed by atoms with Gasteiger partial charge in [-0.05, 0) is 30.9 Å². The highest BCUT2D eigenvalue weighted by atomic mass is 35.5. The second kappa shape index (κ2) is 6.34. The molecule has 1 aromatic carbocycles. The van der Waals surface area contributed by atoms with Crippen LogP contribution in [0.25, 0.3) is 21.0 Å². The Balaban J connectivity index is 1.70. The molecule has 1 fully saturated rings. The summed E-state index contributed by atoms with van der Waals surface area (Å²) in [7, 11) is 0. The predicted octanol–water partition coefficient (Wildman–Crippen LogP) is 5.41. The van der Waals surface area contributed by atoms with Crippen molar-refractivity contribution < 1.29 is 4.79 Å². The molecule has 3 nitrogen and oxygen atoms in total. The second-order valence-corrected chi connectivity index (χ2v) is 8.03. The summed E-state index contributed by atoms with van der Waals surface area (Å²) in [5.41, 5.74) is 0.865. The Hall–Kier alpha value is -1.65. The van der Waals surface area contributed by atoms with Crippen LogP contribution >= 0.6 is 22.9 Å². The minimum atomic E-state index is 0.00935. The Kier molecular flexibility index (Phi) is 4.19. The summed E-state index contributed by atoms with van der Waals surface area (Å²) in [6, 6.07) is 10.1. The van der Waals surface area contributed by atoms with Gasteiger partial charge in [-0.1, -0.05) is 49.6 Å². The quantitative estimate of drug-likeness (QED) is 0.622. The molecule has 124 valence electrons. The van der Waals surface area contributed by atoms with Gasteiger partial charge in [0.2, 0.25) is 0 Å². The van der Waals surface area contributed by atoms with E-state index in [0.717, 1.165) is 27.4 Å². The van der Waals surface area contributed by atoms with E-state index >= 15 is 0 Å². The van der Waals surface area contributed by atoms with Crippen LogP contribution in [0.5, 0.6) is 0 Å². The van der Waals surface area contributed by atoms with E-state index in [0.29, 0.717) is 15.9 Å². The number of halogens is 1. The van der Waals surface area contributed by atoms with Crippen LogP contribution in [0.3, 0.4) is 0 Å².